The third kappa shape index (κ3) is 4.72. The smallest absolute Gasteiger partial charge is 0.255 e. The Bertz CT molecular complexity index is 1240. The van der Waals surface area contributed by atoms with Gasteiger partial charge in [-0.2, -0.15) is 0 Å². The summed E-state index contributed by atoms with van der Waals surface area (Å²) in [5.41, 5.74) is 3.59. The van der Waals surface area contributed by atoms with E-state index in [0.29, 0.717) is 47.3 Å². The third-order valence-electron chi connectivity index (χ3n) is 5.11. The first-order valence-electron chi connectivity index (χ1n) is 10.6. The molecule has 4 rings (SSSR count). The molecule has 5 nitrogen and oxygen atoms in total. The van der Waals surface area contributed by atoms with Crippen LogP contribution < -0.4 is 10.1 Å². The van der Waals surface area contributed by atoms with Gasteiger partial charge in [0, 0.05) is 23.1 Å². The number of hydrogen-bond acceptors (Lipinski definition) is 4. The molecule has 162 valence electrons. The summed E-state index contributed by atoms with van der Waals surface area (Å²) in [7, 11) is 0. The van der Waals surface area contributed by atoms with Crippen molar-refractivity contribution < 1.29 is 18.7 Å². The average molecular weight is 428 g/mol. The monoisotopic (exact) mass is 427 g/mol. The maximum absolute atomic E-state index is 13.0. The predicted molar refractivity (Wildman–Crippen MR) is 125 cm³/mol. The highest BCUT2D eigenvalue weighted by Gasteiger charge is 2.22. The molecule has 0 aliphatic rings. The van der Waals surface area contributed by atoms with Crippen LogP contribution >= 0.6 is 0 Å². The molecule has 5 heteroatoms. The van der Waals surface area contributed by atoms with Crippen LogP contribution in [0, 0.1) is 5.92 Å². The number of benzene rings is 3. The number of fused-ring (bicyclic) bond motifs is 1. The van der Waals surface area contributed by atoms with Gasteiger partial charge in [-0.3, -0.25) is 9.59 Å². The number of amides is 1. The Morgan fingerprint density at radius 2 is 1.81 bits per heavy atom. The molecule has 0 spiro atoms. The lowest BCUT2D eigenvalue weighted by Crippen LogP contribution is -2.27. The van der Waals surface area contributed by atoms with Crippen molar-refractivity contribution in [2.24, 2.45) is 5.92 Å². The van der Waals surface area contributed by atoms with E-state index in [1.165, 1.54) is 0 Å². The Hall–Kier alpha value is -3.86. The molecule has 1 N–H and O–H groups in total. The standard InChI is InChI=1S/C27H25NO4/c1-18(2)15-28-27(30)25-23-8-3-4-9-24(23)32-26(25)21-12-10-19(11-13-21)17-31-22-7-5-6-20(14-22)16-29/h3-14,16,18H,15,17H2,1-2H3,(H,28,30). The van der Waals surface area contributed by atoms with Crippen LogP contribution in [0.1, 0.15) is 40.1 Å². The van der Waals surface area contributed by atoms with Crippen LogP contribution in [0.2, 0.25) is 0 Å². The minimum absolute atomic E-state index is 0.138. The number of hydrogen-bond donors (Lipinski definition) is 1. The Labute approximate surface area is 187 Å². The van der Waals surface area contributed by atoms with Crippen LogP contribution in [0.25, 0.3) is 22.3 Å². The molecule has 0 fully saturated rings. The molecule has 32 heavy (non-hydrogen) atoms. The number of para-hydroxylation sites is 1. The van der Waals surface area contributed by atoms with E-state index in [2.05, 4.69) is 19.2 Å². The number of carbonyl (C=O) groups excluding carboxylic acids is 2. The Morgan fingerprint density at radius 1 is 1.03 bits per heavy atom. The van der Waals surface area contributed by atoms with E-state index >= 15 is 0 Å². The van der Waals surface area contributed by atoms with Crippen LogP contribution in [-0.4, -0.2) is 18.7 Å². The van der Waals surface area contributed by atoms with E-state index in [-0.39, 0.29) is 5.91 Å². The summed E-state index contributed by atoms with van der Waals surface area (Å²) >= 11 is 0. The van der Waals surface area contributed by atoms with E-state index < -0.39 is 0 Å². The van der Waals surface area contributed by atoms with Crippen molar-refractivity contribution in [3.63, 3.8) is 0 Å². The van der Waals surface area contributed by atoms with Crippen LogP contribution in [0.15, 0.2) is 77.2 Å². The van der Waals surface area contributed by atoms with Gasteiger partial charge in [-0.1, -0.05) is 68.4 Å². The molecular formula is C27H25NO4. The van der Waals surface area contributed by atoms with Gasteiger partial charge in [0.15, 0.2) is 0 Å². The van der Waals surface area contributed by atoms with Gasteiger partial charge >= 0.3 is 0 Å². The molecule has 0 radical (unpaired) electrons. The molecule has 0 bridgehead atoms. The Balaban J connectivity index is 1.58. The quantitative estimate of drug-likeness (QED) is 0.357. The van der Waals surface area contributed by atoms with Crippen molar-refractivity contribution in [3.05, 3.63) is 89.5 Å². The van der Waals surface area contributed by atoms with Crippen LogP contribution in [0.3, 0.4) is 0 Å². The summed E-state index contributed by atoms with van der Waals surface area (Å²) in [5, 5.41) is 3.80. The topological polar surface area (TPSA) is 68.5 Å². The summed E-state index contributed by atoms with van der Waals surface area (Å²) in [6.07, 6.45) is 0.796. The van der Waals surface area contributed by atoms with Crippen LogP contribution in [0.4, 0.5) is 0 Å². The predicted octanol–water partition coefficient (Wildman–Crippen LogP) is 5.88. The average Bonchev–Trinajstić information content (AvgIpc) is 3.21. The summed E-state index contributed by atoms with van der Waals surface area (Å²) in [4.78, 5) is 23.9. The number of rotatable bonds is 8. The van der Waals surface area contributed by atoms with Gasteiger partial charge in [-0.15, -0.1) is 0 Å². The minimum Gasteiger partial charge on any atom is -0.489 e. The number of ether oxygens (including phenoxy) is 1. The van der Waals surface area contributed by atoms with Gasteiger partial charge in [0.25, 0.3) is 5.91 Å². The molecule has 1 heterocycles. The summed E-state index contributed by atoms with van der Waals surface area (Å²) in [6, 6.07) is 22.4. The van der Waals surface area contributed by atoms with E-state index in [4.69, 9.17) is 9.15 Å². The zero-order valence-electron chi connectivity index (χ0n) is 18.1. The first kappa shape index (κ1) is 21.4. The van der Waals surface area contributed by atoms with Crippen molar-refractivity contribution in [1.29, 1.82) is 0 Å². The van der Waals surface area contributed by atoms with E-state index in [1.54, 1.807) is 18.2 Å². The molecule has 0 atom stereocenters. The maximum atomic E-state index is 13.0. The van der Waals surface area contributed by atoms with Gasteiger partial charge < -0.3 is 14.5 Å². The molecule has 3 aromatic carbocycles. The zero-order chi connectivity index (χ0) is 22.5. The largest absolute Gasteiger partial charge is 0.489 e. The lowest BCUT2D eigenvalue weighted by Gasteiger charge is -2.09. The number of nitrogens with one attached hydrogen (secondary N) is 1. The highest BCUT2D eigenvalue weighted by molar-refractivity contribution is 6.11. The van der Waals surface area contributed by atoms with Crippen molar-refractivity contribution in [1.82, 2.24) is 5.32 Å². The fraction of sp³-hybridized carbons (Fsp3) is 0.185. The fourth-order valence-corrected chi connectivity index (χ4v) is 3.46. The van der Waals surface area contributed by atoms with Gasteiger partial charge in [-0.25, -0.2) is 0 Å². The summed E-state index contributed by atoms with van der Waals surface area (Å²) in [6.45, 7) is 5.08. The van der Waals surface area contributed by atoms with Gasteiger partial charge in [0.1, 0.15) is 30.0 Å². The molecule has 0 saturated carbocycles. The van der Waals surface area contributed by atoms with Crippen LogP contribution in [0.5, 0.6) is 5.75 Å². The van der Waals surface area contributed by atoms with Crippen molar-refractivity contribution >= 4 is 23.2 Å². The first-order valence-corrected chi connectivity index (χ1v) is 10.6. The van der Waals surface area contributed by atoms with Crippen molar-refractivity contribution in [2.45, 2.75) is 20.5 Å². The van der Waals surface area contributed by atoms with E-state index in [9.17, 15) is 9.59 Å². The summed E-state index contributed by atoms with van der Waals surface area (Å²) in [5.74, 6) is 1.41. The highest BCUT2D eigenvalue weighted by Crippen LogP contribution is 2.34. The molecule has 4 aromatic rings. The fourth-order valence-electron chi connectivity index (χ4n) is 3.46. The van der Waals surface area contributed by atoms with Gasteiger partial charge in [-0.05, 0) is 29.7 Å². The van der Waals surface area contributed by atoms with E-state index in [1.807, 2.05) is 54.6 Å². The second kappa shape index (κ2) is 9.52. The SMILES string of the molecule is CC(C)CNC(=O)c1c(-c2ccc(COc3cccc(C=O)c3)cc2)oc2ccccc12. The molecule has 0 saturated heterocycles. The van der Waals surface area contributed by atoms with Crippen molar-refractivity contribution in [3.8, 4) is 17.1 Å². The van der Waals surface area contributed by atoms with Gasteiger partial charge in [0.05, 0.1) is 5.56 Å². The molecule has 0 unspecified atom stereocenters. The molecule has 0 aliphatic heterocycles. The van der Waals surface area contributed by atoms with E-state index in [0.717, 1.165) is 22.8 Å². The lowest BCUT2D eigenvalue weighted by molar-refractivity contribution is 0.0950. The molecular weight excluding hydrogens is 402 g/mol. The van der Waals surface area contributed by atoms with Crippen LogP contribution in [-0.2, 0) is 6.61 Å². The number of furan rings is 1. The Morgan fingerprint density at radius 3 is 2.56 bits per heavy atom. The zero-order valence-corrected chi connectivity index (χ0v) is 18.1. The maximum Gasteiger partial charge on any atom is 0.255 e. The number of carbonyl (C=O) groups is 2. The molecule has 1 amide bonds. The number of aldehydes is 1. The normalized spacial score (nSPS) is 11.0. The second-order valence-corrected chi connectivity index (χ2v) is 8.08. The molecule has 0 aliphatic carbocycles. The lowest BCUT2D eigenvalue weighted by atomic mass is 10.0. The Kier molecular flexibility index (Phi) is 6.36. The third-order valence-corrected chi connectivity index (χ3v) is 5.11. The van der Waals surface area contributed by atoms with Crippen molar-refractivity contribution in [2.75, 3.05) is 6.54 Å². The van der Waals surface area contributed by atoms with Gasteiger partial charge in [0.2, 0.25) is 0 Å². The first-order chi connectivity index (χ1) is 15.5. The second-order valence-electron chi connectivity index (χ2n) is 8.08. The summed E-state index contributed by atoms with van der Waals surface area (Å²) < 4.78 is 11.9. The molecule has 1 aromatic heterocycles. The minimum atomic E-state index is -0.138. The highest BCUT2D eigenvalue weighted by atomic mass is 16.5.